The van der Waals surface area contributed by atoms with Gasteiger partial charge in [-0.05, 0) is 42.8 Å². The van der Waals surface area contributed by atoms with Crippen LogP contribution in [0.1, 0.15) is 28.2 Å². The number of likely N-dealkylation sites (N-methyl/N-ethyl adjacent to an activating group) is 1. The van der Waals surface area contributed by atoms with E-state index >= 15 is 0 Å². The Balaban J connectivity index is 2.05. The van der Waals surface area contributed by atoms with E-state index in [2.05, 4.69) is 49.2 Å². The number of aryl methyl sites for hydroxylation is 1. The average Bonchev–Trinajstić information content (AvgIpc) is 2.38. The second-order valence-corrected chi connectivity index (χ2v) is 5.94. The molecule has 0 fully saturated rings. The van der Waals surface area contributed by atoms with Crippen LogP contribution < -0.4 is 0 Å². The predicted octanol–water partition coefficient (Wildman–Crippen LogP) is 4.23. The highest BCUT2D eigenvalue weighted by atomic mass is 35.5. The highest BCUT2D eigenvalue weighted by Gasteiger charge is 2.24. The zero-order valence-electron chi connectivity index (χ0n) is 11.4. The summed E-state index contributed by atoms with van der Waals surface area (Å²) in [7, 11) is 2.19. The van der Waals surface area contributed by atoms with E-state index in [1.807, 2.05) is 12.1 Å². The fourth-order valence-electron chi connectivity index (χ4n) is 2.96. The summed E-state index contributed by atoms with van der Waals surface area (Å²) >= 11 is 5.99. The van der Waals surface area contributed by atoms with Gasteiger partial charge in [0.1, 0.15) is 0 Å². The fraction of sp³-hybridized carbons (Fsp3) is 0.294. The lowest BCUT2D eigenvalue weighted by Crippen LogP contribution is -2.31. The molecule has 0 saturated heterocycles. The van der Waals surface area contributed by atoms with Crippen molar-refractivity contribution in [1.82, 2.24) is 4.90 Å². The molecule has 0 bridgehead atoms. The Hall–Kier alpha value is -1.31. The number of rotatable bonds is 1. The smallest absolute Gasteiger partial charge is 0.0406 e. The maximum atomic E-state index is 5.99. The van der Waals surface area contributed by atoms with Crippen LogP contribution in [0, 0.1) is 6.92 Å². The molecule has 1 heterocycles. The van der Waals surface area contributed by atoms with Gasteiger partial charge >= 0.3 is 0 Å². The van der Waals surface area contributed by atoms with Crippen molar-refractivity contribution in [3.8, 4) is 0 Å². The van der Waals surface area contributed by atoms with Crippen LogP contribution in [0.15, 0.2) is 42.5 Å². The minimum absolute atomic E-state index is 0.451. The van der Waals surface area contributed by atoms with E-state index in [4.69, 9.17) is 11.6 Å². The molecule has 19 heavy (non-hydrogen) atoms. The van der Waals surface area contributed by atoms with E-state index in [1.54, 1.807) is 0 Å². The Morgan fingerprint density at radius 2 is 1.84 bits per heavy atom. The number of hydrogen-bond acceptors (Lipinski definition) is 1. The molecule has 0 amide bonds. The monoisotopic (exact) mass is 271 g/mol. The Labute approximate surface area is 119 Å². The SMILES string of the molecule is Cc1ccc2c(c1)CN(C)C[C@@H]2c1ccc(Cl)cc1. The zero-order chi connectivity index (χ0) is 13.4. The Morgan fingerprint density at radius 3 is 2.58 bits per heavy atom. The summed E-state index contributed by atoms with van der Waals surface area (Å²) in [5.41, 5.74) is 5.60. The van der Waals surface area contributed by atoms with Gasteiger partial charge in [0.2, 0.25) is 0 Å². The Kier molecular flexibility index (Phi) is 3.34. The van der Waals surface area contributed by atoms with Gasteiger partial charge in [0.15, 0.2) is 0 Å². The van der Waals surface area contributed by atoms with Crippen LogP contribution in [0.2, 0.25) is 5.02 Å². The van der Waals surface area contributed by atoms with Gasteiger partial charge in [-0.3, -0.25) is 0 Å². The average molecular weight is 272 g/mol. The second-order valence-electron chi connectivity index (χ2n) is 5.50. The van der Waals surface area contributed by atoms with Crippen LogP contribution >= 0.6 is 11.6 Å². The minimum atomic E-state index is 0.451. The fourth-order valence-corrected chi connectivity index (χ4v) is 3.08. The van der Waals surface area contributed by atoms with Crippen LogP contribution in [0.5, 0.6) is 0 Å². The first-order valence-electron chi connectivity index (χ1n) is 6.67. The molecule has 1 aliphatic rings. The van der Waals surface area contributed by atoms with Crippen molar-refractivity contribution in [3.05, 3.63) is 69.7 Å². The van der Waals surface area contributed by atoms with Crippen LogP contribution in [0.4, 0.5) is 0 Å². The van der Waals surface area contributed by atoms with E-state index < -0.39 is 0 Å². The number of hydrogen-bond donors (Lipinski definition) is 0. The molecule has 0 unspecified atom stereocenters. The molecule has 0 aliphatic carbocycles. The van der Waals surface area contributed by atoms with Crippen molar-refractivity contribution < 1.29 is 0 Å². The molecule has 0 spiro atoms. The quantitative estimate of drug-likeness (QED) is 0.750. The lowest BCUT2D eigenvalue weighted by atomic mass is 9.84. The van der Waals surface area contributed by atoms with Crippen molar-refractivity contribution in [3.63, 3.8) is 0 Å². The van der Waals surface area contributed by atoms with Gasteiger partial charge in [-0.15, -0.1) is 0 Å². The molecule has 0 radical (unpaired) electrons. The van der Waals surface area contributed by atoms with Crippen LogP contribution in [-0.4, -0.2) is 18.5 Å². The normalized spacial score (nSPS) is 19.2. The molecule has 2 heteroatoms. The molecular formula is C17H18ClN. The molecule has 0 N–H and O–H groups in total. The summed E-state index contributed by atoms with van der Waals surface area (Å²) < 4.78 is 0. The molecular weight excluding hydrogens is 254 g/mol. The molecule has 0 saturated carbocycles. The first-order valence-corrected chi connectivity index (χ1v) is 7.05. The number of nitrogens with zero attached hydrogens (tertiary/aromatic N) is 1. The van der Waals surface area contributed by atoms with Crippen LogP contribution in [0.25, 0.3) is 0 Å². The van der Waals surface area contributed by atoms with Gasteiger partial charge in [-0.1, -0.05) is 47.5 Å². The molecule has 2 aromatic carbocycles. The third-order valence-corrected chi connectivity index (χ3v) is 4.13. The largest absolute Gasteiger partial charge is 0.301 e. The minimum Gasteiger partial charge on any atom is -0.301 e. The topological polar surface area (TPSA) is 3.24 Å². The summed E-state index contributed by atoms with van der Waals surface area (Å²) in [5.74, 6) is 0.451. The number of fused-ring (bicyclic) bond motifs is 1. The molecule has 1 aliphatic heterocycles. The van der Waals surface area contributed by atoms with Gasteiger partial charge in [0, 0.05) is 24.0 Å². The summed E-state index contributed by atoms with van der Waals surface area (Å²) in [6.07, 6.45) is 0. The van der Waals surface area contributed by atoms with E-state index in [9.17, 15) is 0 Å². The van der Waals surface area contributed by atoms with E-state index in [1.165, 1.54) is 22.3 Å². The van der Waals surface area contributed by atoms with Crippen molar-refractivity contribution in [2.75, 3.05) is 13.6 Å². The van der Waals surface area contributed by atoms with Crippen molar-refractivity contribution in [1.29, 1.82) is 0 Å². The Bertz CT molecular complexity index is 589. The van der Waals surface area contributed by atoms with Gasteiger partial charge in [-0.25, -0.2) is 0 Å². The van der Waals surface area contributed by atoms with E-state index in [0.29, 0.717) is 5.92 Å². The van der Waals surface area contributed by atoms with Gasteiger partial charge in [-0.2, -0.15) is 0 Å². The number of halogens is 1. The molecule has 3 rings (SSSR count). The predicted molar refractivity (Wildman–Crippen MR) is 80.8 cm³/mol. The van der Waals surface area contributed by atoms with Crippen molar-refractivity contribution >= 4 is 11.6 Å². The first-order chi connectivity index (χ1) is 9.13. The van der Waals surface area contributed by atoms with E-state index in [0.717, 1.165) is 18.1 Å². The summed E-state index contributed by atoms with van der Waals surface area (Å²) in [6.45, 7) is 4.27. The maximum Gasteiger partial charge on any atom is 0.0406 e. The lowest BCUT2D eigenvalue weighted by Gasteiger charge is -2.33. The highest BCUT2D eigenvalue weighted by Crippen LogP contribution is 2.33. The molecule has 98 valence electrons. The van der Waals surface area contributed by atoms with Gasteiger partial charge < -0.3 is 4.90 Å². The summed E-state index contributed by atoms with van der Waals surface area (Å²) in [5, 5.41) is 0.803. The van der Waals surface area contributed by atoms with Gasteiger partial charge in [0.05, 0.1) is 0 Å². The second kappa shape index (κ2) is 4.99. The van der Waals surface area contributed by atoms with Gasteiger partial charge in [0.25, 0.3) is 0 Å². The van der Waals surface area contributed by atoms with Crippen molar-refractivity contribution in [2.45, 2.75) is 19.4 Å². The molecule has 2 aromatic rings. The molecule has 1 nitrogen and oxygen atoms in total. The van der Waals surface area contributed by atoms with Crippen LogP contribution in [0.3, 0.4) is 0 Å². The summed E-state index contributed by atoms with van der Waals surface area (Å²) in [4.78, 5) is 2.39. The first kappa shape index (κ1) is 12.7. The summed E-state index contributed by atoms with van der Waals surface area (Å²) in [6, 6.07) is 15.1. The maximum absolute atomic E-state index is 5.99. The zero-order valence-corrected chi connectivity index (χ0v) is 12.1. The third-order valence-electron chi connectivity index (χ3n) is 3.88. The third kappa shape index (κ3) is 2.54. The Morgan fingerprint density at radius 1 is 1.11 bits per heavy atom. The van der Waals surface area contributed by atoms with E-state index in [-0.39, 0.29) is 0 Å². The molecule has 0 aromatic heterocycles. The lowest BCUT2D eigenvalue weighted by molar-refractivity contribution is 0.295. The highest BCUT2D eigenvalue weighted by molar-refractivity contribution is 6.30. The standard InChI is InChI=1S/C17H18ClN/c1-12-3-8-16-14(9-12)10-19(2)11-17(16)13-4-6-15(18)7-5-13/h3-9,17H,10-11H2,1-2H3/t17-/m1/s1. The van der Waals surface area contributed by atoms with Crippen molar-refractivity contribution in [2.24, 2.45) is 0 Å². The molecule has 1 atom stereocenters. The van der Waals surface area contributed by atoms with Crippen LogP contribution in [-0.2, 0) is 6.54 Å². The number of benzene rings is 2.